The van der Waals surface area contributed by atoms with Crippen LogP contribution in [0.3, 0.4) is 0 Å². The van der Waals surface area contributed by atoms with Gasteiger partial charge in [0.1, 0.15) is 0 Å². The Hall–Kier alpha value is -3.32. The number of ether oxygens (including phenoxy) is 2. The highest BCUT2D eigenvalue weighted by Crippen LogP contribution is 2.37. The molecular formula is C24H22N2O4S. The lowest BCUT2D eigenvalue weighted by molar-refractivity contribution is -0.126. The first-order valence-electron chi connectivity index (χ1n) is 10.2. The molecule has 31 heavy (non-hydrogen) atoms. The molecule has 2 aliphatic rings. The summed E-state index contributed by atoms with van der Waals surface area (Å²) in [4.78, 5) is 28.6. The molecule has 0 saturated carbocycles. The van der Waals surface area contributed by atoms with E-state index in [1.165, 1.54) is 5.56 Å². The van der Waals surface area contributed by atoms with Crippen molar-refractivity contribution in [3.8, 4) is 11.5 Å². The summed E-state index contributed by atoms with van der Waals surface area (Å²) in [5.74, 6) is 0.695. The van der Waals surface area contributed by atoms with Crippen molar-refractivity contribution >= 4 is 28.8 Å². The fraction of sp³-hybridized carbons (Fsp3) is 0.250. The van der Waals surface area contributed by atoms with Crippen molar-refractivity contribution in [2.45, 2.75) is 19.4 Å². The highest BCUT2D eigenvalue weighted by molar-refractivity contribution is 7.10. The normalized spacial score (nSPS) is 18.3. The summed E-state index contributed by atoms with van der Waals surface area (Å²) in [7, 11) is 0. The highest BCUT2D eigenvalue weighted by atomic mass is 32.1. The molecule has 5 rings (SSSR count). The predicted octanol–water partition coefficient (Wildman–Crippen LogP) is 4.04. The Labute approximate surface area is 184 Å². The first-order chi connectivity index (χ1) is 15.1. The van der Waals surface area contributed by atoms with Gasteiger partial charge in [-0.2, -0.15) is 0 Å². The fourth-order valence-corrected chi connectivity index (χ4v) is 4.78. The van der Waals surface area contributed by atoms with Crippen molar-refractivity contribution in [1.29, 1.82) is 0 Å². The minimum Gasteiger partial charge on any atom is -0.454 e. The topological polar surface area (TPSA) is 67.9 Å². The lowest BCUT2D eigenvalue weighted by atomic mass is 10.0. The number of thiophene rings is 1. The summed E-state index contributed by atoms with van der Waals surface area (Å²) in [5.41, 5.74) is 2.91. The molecular weight excluding hydrogens is 412 g/mol. The molecule has 0 spiro atoms. The molecule has 3 aromatic rings. The third-order valence-electron chi connectivity index (χ3n) is 5.69. The minimum absolute atomic E-state index is 0.0676. The predicted molar refractivity (Wildman–Crippen MR) is 119 cm³/mol. The van der Waals surface area contributed by atoms with Crippen molar-refractivity contribution in [2.24, 2.45) is 5.92 Å². The second kappa shape index (κ2) is 8.07. The van der Waals surface area contributed by atoms with Crippen LogP contribution < -0.4 is 19.7 Å². The second-order valence-electron chi connectivity index (χ2n) is 7.81. The molecule has 0 aliphatic carbocycles. The van der Waals surface area contributed by atoms with E-state index >= 15 is 0 Å². The minimum atomic E-state index is -0.411. The molecule has 6 nitrogen and oxygen atoms in total. The van der Waals surface area contributed by atoms with Crippen LogP contribution in [0.5, 0.6) is 11.5 Å². The summed E-state index contributed by atoms with van der Waals surface area (Å²) in [5, 5.41) is 5.18. The van der Waals surface area contributed by atoms with Crippen LogP contribution in [-0.4, -0.2) is 25.2 Å². The molecule has 2 aromatic carbocycles. The number of hydrogen-bond donors (Lipinski definition) is 1. The molecule has 7 heteroatoms. The van der Waals surface area contributed by atoms with Gasteiger partial charge in [-0.15, -0.1) is 11.3 Å². The number of carbonyl (C=O) groups excluding carboxylic acids is 2. The Bertz CT molecular complexity index is 1110. The number of anilines is 1. The van der Waals surface area contributed by atoms with Crippen molar-refractivity contribution < 1.29 is 19.1 Å². The number of amides is 2. The Morgan fingerprint density at radius 3 is 2.71 bits per heavy atom. The average molecular weight is 435 g/mol. The van der Waals surface area contributed by atoms with Crippen molar-refractivity contribution in [1.82, 2.24) is 5.32 Å². The van der Waals surface area contributed by atoms with Gasteiger partial charge < -0.3 is 19.7 Å². The lowest BCUT2D eigenvalue weighted by Crippen LogP contribution is -2.35. The maximum Gasteiger partial charge on any atom is 0.231 e. The zero-order chi connectivity index (χ0) is 21.4. The molecule has 0 unspecified atom stereocenters. The van der Waals surface area contributed by atoms with Gasteiger partial charge in [-0.1, -0.05) is 35.9 Å². The number of carbonyl (C=O) groups is 2. The number of aryl methyl sites for hydroxylation is 1. The molecule has 1 fully saturated rings. The standard InChI is InChI=1S/C24H22N2O4S/c1-15-4-6-16(7-5-15)23(21-3-2-10-31-21)25-24(28)17-11-22(27)26(13-17)18-8-9-19-20(12-18)30-14-29-19/h2-10,12,17,23H,11,13-14H2,1H3,(H,25,28)/t17-,23+/m0/s1. The maximum atomic E-state index is 13.2. The van der Waals surface area contributed by atoms with E-state index in [1.807, 2.05) is 54.8 Å². The quantitative estimate of drug-likeness (QED) is 0.658. The molecule has 158 valence electrons. The van der Waals surface area contributed by atoms with Gasteiger partial charge in [0, 0.05) is 29.6 Å². The van der Waals surface area contributed by atoms with E-state index in [4.69, 9.17) is 9.47 Å². The van der Waals surface area contributed by atoms with Crippen molar-refractivity contribution in [3.05, 3.63) is 76.0 Å². The Morgan fingerprint density at radius 2 is 1.94 bits per heavy atom. The second-order valence-corrected chi connectivity index (χ2v) is 8.79. The summed E-state index contributed by atoms with van der Waals surface area (Å²) in [6.07, 6.45) is 0.186. The van der Waals surface area contributed by atoms with Crippen LogP contribution in [0.4, 0.5) is 5.69 Å². The Morgan fingerprint density at radius 1 is 1.13 bits per heavy atom. The van der Waals surface area contributed by atoms with Crippen molar-refractivity contribution in [3.63, 3.8) is 0 Å². The van der Waals surface area contributed by atoms with Gasteiger partial charge in [0.25, 0.3) is 0 Å². The highest BCUT2D eigenvalue weighted by Gasteiger charge is 2.36. The van der Waals surface area contributed by atoms with E-state index in [2.05, 4.69) is 5.32 Å². The van der Waals surface area contributed by atoms with E-state index in [9.17, 15) is 9.59 Å². The Balaban J connectivity index is 1.33. The van der Waals surface area contributed by atoms with Crippen molar-refractivity contribution in [2.75, 3.05) is 18.2 Å². The molecule has 1 saturated heterocycles. The summed E-state index contributed by atoms with van der Waals surface area (Å²) >= 11 is 1.61. The van der Waals surface area contributed by atoms with Crippen LogP contribution in [0.15, 0.2) is 60.0 Å². The molecule has 1 aromatic heterocycles. The van der Waals surface area contributed by atoms with Crippen LogP contribution >= 0.6 is 11.3 Å². The Kier molecular flexibility index (Phi) is 5.11. The van der Waals surface area contributed by atoms with Crippen LogP contribution in [0.2, 0.25) is 0 Å². The van der Waals surface area contributed by atoms with Crippen LogP contribution in [-0.2, 0) is 9.59 Å². The van der Waals surface area contributed by atoms with Crippen LogP contribution in [0.25, 0.3) is 0 Å². The number of benzene rings is 2. The molecule has 0 radical (unpaired) electrons. The van der Waals surface area contributed by atoms with Gasteiger partial charge in [0.2, 0.25) is 18.6 Å². The number of hydrogen-bond acceptors (Lipinski definition) is 5. The van der Waals surface area contributed by atoms with E-state index in [1.54, 1.807) is 28.4 Å². The van der Waals surface area contributed by atoms with Gasteiger partial charge in [0.05, 0.1) is 12.0 Å². The van der Waals surface area contributed by atoms with E-state index in [-0.39, 0.29) is 31.1 Å². The van der Waals surface area contributed by atoms with Gasteiger partial charge in [-0.25, -0.2) is 0 Å². The van der Waals surface area contributed by atoms with Crippen LogP contribution in [0.1, 0.15) is 28.5 Å². The monoisotopic (exact) mass is 434 g/mol. The van der Waals surface area contributed by atoms with Crippen LogP contribution in [0, 0.1) is 12.8 Å². The maximum absolute atomic E-state index is 13.2. The molecule has 1 N–H and O–H groups in total. The molecule has 3 heterocycles. The number of rotatable bonds is 5. The van der Waals surface area contributed by atoms with E-state index in [0.29, 0.717) is 18.0 Å². The smallest absolute Gasteiger partial charge is 0.231 e. The van der Waals surface area contributed by atoms with Gasteiger partial charge in [-0.05, 0) is 36.1 Å². The van der Waals surface area contributed by atoms with Gasteiger partial charge >= 0.3 is 0 Å². The fourth-order valence-electron chi connectivity index (χ4n) is 3.98. The summed E-state index contributed by atoms with van der Waals surface area (Å²) in [6, 6.07) is 17.4. The number of fused-ring (bicyclic) bond motifs is 1. The lowest BCUT2D eigenvalue weighted by Gasteiger charge is -2.21. The van der Waals surface area contributed by atoms with Gasteiger partial charge in [-0.3, -0.25) is 9.59 Å². The number of nitrogens with one attached hydrogen (secondary N) is 1. The zero-order valence-corrected chi connectivity index (χ0v) is 17.9. The SMILES string of the molecule is Cc1ccc([C@@H](NC(=O)[C@H]2CC(=O)N(c3ccc4c(c3)OCO4)C2)c2cccs2)cc1. The summed E-state index contributed by atoms with van der Waals surface area (Å²) < 4.78 is 10.8. The summed E-state index contributed by atoms with van der Waals surface area (Å²) in [6.45, 7) is 2.56. The number of nitrogens with zero attached hydrogens (tertiary/aromatic N) is 1. The third kappa shape index (κ3) is 3.88. The van der Waals surface area contributed by atoms with E-state index < -0.39 is 5.92 Å². The largest absolute Gasteiger partial charge is 0.454 e. The average Bonchev–Trinajstić information content (AvgIpc) is 3.53. The first-order valence-corrected chi connectivity index (χ1v) is 11.1. The molecule has 2 aliphatic heterocycles. The molecule has 0 bridgehead atoms. The van der Waals surface area contributed by atoms with Gasteiger partial charge in [0.15, 0.2) is 11.5 Å². The third-order valence-corrected chi connectivity index (χ3v) is 6.63. The van der Waals surface area contributed by atoms with E-state index in [0.717, 1.165) is 16.1 Å². The molecule has 2 amide bonds. The first kappa shape index (κ1) is 19.6. The molecule has 2 atom stereocenters. The zero-order valence-electron chi connectivity index (χ0n) is 17.0.